The number of fused-ring (bicyclic) bond motifs is 2. The normalized spacial score (nSPS) is 16.7. The van der Waals surface area contributed by atoms with Crippen LogP contribution in [0, 0.1) is 0 Å². The van der Waals surface area contributed by atoms with Crippen LogP contribution in [-0.2, 0) is 43.6 Å². The molecule has 0 aliphatic carbocycles. The lowest BCUT2D eigenvalue weighted by Gasteiger charge is -2.32. The molecule has 13 heteroatoms. The lowest BCUT2D eigenvalue weighted by Crippen LogP contribution is -2.41. The highest BCUT2D eigenvalue weighted by Gasteiger charge is 2.52. The molecule has 1 aromatic carbocycles. The number of methoxy groups -OCH3 is 1. The first-order valence-corrected chi connectivity index (χ1v) is 23.8. The molecule has 250 valence electrons. The number of nitrogens with zero attached hydrogens (tertiary/aromatic N) is 5. The van der Waals surface area contributed by atoms with Gasteiger partial charge >= 0.3 is 7.12 Å². The Balaban J connectivity index is 1.61. The van der Waals surface area contributed by atoms with Crippen LogP contribution in [0.4, 0.5) is 0 Å². The molecule has 1 aliphatic rings. The SMILES string of the molecule is COCc1cccc2c1nc(-c1nn(COCC[Si](C)(C)C)c3ncc(B4OC(C)(C)C(C)(C)O4)cc13)n2COCC[Si](C)(C)C. The van der Waals surface area contributed by atoms with Crippen LogP contribution in [0.25, 0.3) is 33.6 Å². The van der Waals surface area contributed by atoms with Crippen molar-refractivity contribution >= 4 is 50.8 Å². The van der Waals surface area contributed by atoms with E-state index in [9.17, 15) is 0 Å². The molecule has 0 radical (unpaired) electrons. The Labute approximate surface area is 276 Å². The summed E-state index contributed by atoms with van der Waals surface area (Å²) < 4.78 is 34.8. The maximum atomic E-state index is 6.41. The predicted molar refractivity (Wildman–Crippen MR) is 191 cm³/mol. The molecule has 10 nitrogen and oxygen atoms in total. The molecule has 0 spiro atoms. The molecular formula is C33H52BN5O5Si2. The van der Waals surface area contributed by atoms with Crippen LogP contribution in [0.15, 0.2) is 30.5 Å². The van der Waals surface area contributed by atoms with E-state index in [1.54, 1.807) is 7.11 Å². The van der Waals surface area contributed by atoms with E-state index in [4.69, 9.17) is 38.6 Å². The van der Waals surface area contributed by atoms with Crippen LogP contribution in [0.5, 0.6) is 0 Å². The zero-order valence-electron chi connectivity index (χ0n) is 29.7. The Morgan fingerprint density at radius 2 is 1.52 bits per heavy atom. The summed E-state index contributed by atoms with van der Waals surface area (Å²) in [5.74, 6) is 0.713. The minimum Gasteiger partial charge on any atom is -0.399 e. The quantitative estimate of drug-likeness (QED) is 0.111. The molecular weight excluding hydrogens is 613 g/mol. The number of hydrogen-bond donors (Lipinski definition) is 0. The van der Waals surface area contributed by atoms with Gasteiger partial charge in [0.05, 0.1) is 28.8 Å². The summed E-state index contributed by atoms with van der Waals surface area (Å²) in [4.78, 5) is 10.1. The minimum absolute atomic E-state index is 0.297. The summed E-state index contributed by atoms with van der Waals surface area (Å²) in [6.45, 7) is 24.9. The molecule has 0 amide bonds. The van der Waals surface area contributed by atoms with E-state index in [0.29, 0.717) is 44.8 Å². The Morgan fingerprint density at radius 1 is 0.891 bits per heavy atom. The average molecular weight is 666 g/mol. The van der Waals surface area contributed by atoms with Crippen LogP contribution in [0.1, 0.15) is 33.3 Å². The second kappa shape index (κ2) is 13.3. The van der Waals surface area contributed by atoms with Gasteiger partial charge in [-0.15, -0.1) is 0 Å². The van der Waals surface area contributed by atoms with E-state index in [0.717, 1.165) is 45.2 Å². The topological polar surface area (TPSA) is 94.7 Å². The summed E-state index contributed by atoms with van der Waals surface area (Å²) >= 11 is 0. The largest absolute Gasteiger partial charge is 0.496 e. The molecule has 1 aliphatic heterocycles. The summed E-state index contributed by atoms with van der Waals surface area (Å²) in [5.41, 5.74) is 4.18. The van der Waals surface area contributed by atoms with Crippen molar-refractivity contribution < 1.29 is 23.5 Å². The summed E-state index contributed by atoms with van der Waals surface area (Å²) in [6, 6.07) is 10.4. The maximum absolute atomic E-state index is 6.41. The number of para-hydroxylation sites is 1. The van der Waals surface area contributed by atoms with Crippen molar-refractivity contribution in [1.29, 1.82) is 0 Å². The molecule has 46 heavy (non-hydrogen) atoms. The van der Waals surface area contributed by atoms with E-state index in [2.05, 4.69) is 89.7 Å². The second-order valence-corrected chi connectivity index (χ2v) is 27.1. The highest BCUT2D eigenvalue weighted by molar-refractivity contribution is 6.76. The van der Waals surface area contributed by atoms with Gasteiger partial charge in [-0.1, -0.05) is 51.4 Å². The van der Waals surface area contributed by atoms with Gasteiger partial charge in [0.25, 0.3) is 0 Å². The molecule has 0 saturated carbocycles. The van der Waals surface area contributed by atoms with Crippen molar-refractivity contribution in [3.63, 3.8) is 0 Å². The van der Waals surface area contributed by atoms with E-state index < -0.39 is 34.5 Å². The van der Waals surface area contributed by atoms with Gasteiger partial charge in [-0.3, -0.25) is 4.57 Å². The van der Waals surface area contributed by atoms with Gasteiger partial charge in [0.1, 0.15) is 19.2 Å². The van der Waals surface area contributed by atoms with E-state index in [1.807, 2.05) is 16.9 Å². The molecule has 0 unspecified atom stereocenters. The van der Waals surface area contributed by atoms with Gasteiger partial charge in [0, 0.05) is 59.1 Å². The number of imidazole rings is 1. The first-order valence-electron chi connectivity index (χ1n) is 16.3. The average Bonchev–Trinajstić information content (AvgIpc) is 3.57. The fourth-order valence-corrected chi connectivity index (χ4v) is 6.80. The number of benzene rings is 1. The molecule has 1 saturated heterocycles. The first kappa shape index (κ1) is 34.9. The highest BCUT2D eigenvalue weighted by Crippen LogP contribution is 2.37. The Hall–Kier alpha value is -2.39. The highest BCUT2D eigenvalue weighted by atomic mass is 28.3. The molecule has 4 heterocycles. The van der Waals surface area contributed by atoms with Crippen LogP contribution in [-0.4, -0.2) is 79.1 Å². The molecule has 1 fully saturated rings. The number of ether oxygens (including phenoxy) is 3. The number of aromatic nitrogens is 5. The third kappa shape index (κ3) is 7.67. The Bertz CT molecular complexity index is 1660. The van der Waals surface area contributed by atoms with Crippen LogP contribution in [0.3, 0.4) is 0 Å². The van der Waals surface area contributed by atoms with Crippen molar-refractivity contribution in [2.24, 2.45) is 0 Å². The van der Waals surface area contributed by atoms with Gasteiger partial charge in [-0.25, -0.2) is 14.6 Å². The Kier molecular flexibility index (Phi) is 10.1. The summed E-state index contributed by atoms with van der Waals surface area (Å²) in [5, 5.41) is 5.97. The lowest BCUT2D eigenvalue weighted by molar-refractivity contribution is 0.00578. The lowest BCUT2D eigenvalue weighted by atomic mass is 9.80. The number of rotatable bonds is 14. The van der Waals surface area contributed by atoms with Gasteiger partial charge in [-0.2, -0.15) is 5.10 Å². The molecule has 0 bridgehead atoms. The standard InChI is InChI=1S/C33H52BN5O5Si2/c1-32(2)33(3,4)44-34(43-32)25-19-26-29(37-39(30(26)35-20-25)23-42-16-18-46(9,10)11)31-36-28-24(21-40-5)13-12-14-27(28)38(31)22-41-15-17-45(6,7)8/h12-14,19-20H,15-18,21-23H2,1-11H3. The van der Waals surface area contributed by atoms with E-state index >= 15 is 0 Å². The Morgan fingerprint density at radius 3 is 2.13 bits per heavy atom. The van der Waals surface area contributed by atoms with Crippen molar-refractivity contribution in [2.45, 2.75) is 110 Å². The van der Waals surface area contributed by atoms with Gasteiger partial charge in [0.2, 0.25) is 0 Å². The van der Waals surface area contributed by atoms with Crippen molar-refractivity contribution in [3.05, 3.63) is 36.0 Å². The summed E-state index contributed by atoms with van der Waals surface area (Å²) in [6.07, 6.45) is 1.83. The van der Waals surface area contributed by atoms with Gasteiger partial charge < -0.3 is 23.5 Å². The number of hydrogen-bond acceptors (Lipinski definition) is 8. The fourth-order valence-electron chi connectivity index (χ4n) is 5.29. The molecule has 0 N–H and O–H groups in total. The van der Waals surface area contributed by atoms with Crippen molar-refractivity contribution in [2.75, 3.05) is 20.3 Å². The van der Waals surface area contributed by atoms with E-state index in [-0.39, 0.29) is 0 Å². The number of pyridine rings is 1. The van der Waals surface area contributed by atoms with E-state index in [1.165, 1.54) is 0 Å². The monoisotopic (exact) mass is 665 g/mol. The smallest absolute Gasteiger partial charge is 0.399 e. The third-order valence-corrected chi connectivity index (χ3v) is 12.3. The minimum atomic E-state index is -1.26. The van der Waals surface area contributed by atoms with Crippen molar-refractivity contribution in [1.82, 2.24) is 24.3 Å². The van der Waals surface area contributed by atoms with Gasteiger partial charge in [-0.05, 0) is 51.9 Å². The second-order valence-electron chi connectivity index (χ2n) is 15.9. The predicted octanol–water partition coefficient (Wildman–Crippen LogP) is 6.52. The molecule has 3 aromatic heterocycles. The van der Waals surface area contributed by atoms with Crippen molar-refractivity contribution in [3.8, 4) is 11.5 Å². The zero-order valence-corrected chi connectivity index (χ0v) is 31.7. The van der Waals surface area contributed by atoms with Crippen LogP contribution < -0.4 is 5.46 Å². The zero-order chi connectivity index (χ0) is 33.5. The molecule has 4 aromatic rings. The van der Waals surface area contributed by atoms with Crippen LogP contribution >= 0.6 is 0 Å². The summed E-state index contributed by atoms with van der Waals surface area (Å²) in [7, 11) is -1.35. The molecule has 5 rings (SSSR count). The van der Waals surface area contributed by atoms with Gasteiger partial charge in [0.15, 0.2) is 11.5 Å². The first-order chi connectivity index (χ1) is 21.5. The fraction of sp³-hybridized carbons (Fsp3) is 0.606. The molecule has 0 atom stereocenters. The van der Waals surface area contributed by atoms with Crippen LogP contribution in [0.2, 0.25) is 51.4 Å². The maximum Gasteiger partial charge on any atom is 0.496 e. The third-order valence-electron chi connectivity index (χ3n) is 8.93.